The number of phenolic OH excluding ortho intramolecular Hbond substituents is 1. The molecular formula is C13H11NO5S. The van der Waals surface area contributed by atoms with Gasteiger partial charge in [-0.1, -0.05) is 12.1 Å². The number of phenols is 1. The molecule has 20 heavy (non-hydrogen) atoms. The summed E-state index contributed by atoms with van der Waals surface area (Å²) in [6.45, 7) is 1.28. The highest BCUT2D eigenvalue weighted by Crippen LogP contribution is 2.33. The van der Waals surface area contributed by atoms with Crippen molar-refractivity contribution in [2.45, 2.75) is 13.0 Å². The third-order valence-corrected chi connectivity index (χ3v) is 3.64. The lowest BCUT2D eigenvalue weighted by atomic mass is 10.2. The summed E-state index contributed by atoms with van der Waals surface area (Å²) in [4.78, 5) is 35.5. The molecule has 2 amide bonds. The van der Waals surface area contributed by atoms with Gasteiger partial charge in [0, 0.05) is 0 Å². The van der Waals surface area contributed by atoms with Crippen LogP contribution in [0.15, 0.2) is 29.2 Å². The van der Waals surface area contributed by atoms with Gasteiger partial charge in [-0.25, -0.2) is 4.79 Å². The van der Waals surface area contributed by atoms with Crippen LogP contribution in [0.5, 0.6) is 5.75 Å². The van der Waals surface area contributed by atoms with Crippen LogP contribution in [0.2, 0.25) is 0 Å². The van der Waals surface area contributed by atoms with E-state index in [-0.39, 0.29) is 10.7 Å². The van der Waals surface area contributed by atoms with E-state index in [2.05, 4.69) is 0 Å². The highest BCUT2D eigenvalue weighted by atomic mass is 32.2. The van der Waals surface area contributed by atoms with Crippen LogP contribution in [-0.2, 0) is 9.59 Å². The number of hydrogen-bond acceptors (Lipinski definition) is 5. The summed E-state index contributed by atoms with van der Waals surface area (Å²) in [6, 6.07) is 4.88. The number of carbonyl (C=O) groups is 3. The van der Waals surface area contributed by atoms with Gasteiger partial charge in [0.15, 0.2) is 0 Å². The fourth-order valence-electron chi connectivity index (χ4n) is 1.65. The van der Waals surface area contributed by atoms with E-state index in [1.54, 1.807) is 12.1 Å². The second-order valence-corrected chi connectivity index (χ2v) is 5.15. The van der Waals surface area contributed by atoms with Gasteiger partial charge in [-0.05, 0) is 42.5 Å². The number of hydrogen-bond donors (Lipinski definition) is 2. The monoisotopic (exact) mass is 293 g/mol. The standard InChI is InChI=1S/C13H11NO5S/c1-7(12(17)18)14-11(16)10(20-13(14)19)6-8-2-4-9(15)5-3-8/h2-7,15H,1H3,(H,17,18)/b10-6+/t7-/m1/s1. The fraction of sp³-hybridized carbons (Fsp3) is 0.154. The van der Waals surface area contributed by atoms with Gasteiger partial charge in [0.25, 0.3) is 11.1 Å². The second kappa shape index (κ2) is 5.38. The van der Waals surface area contributed by atoms with Crippen molar-refractivity contribution in [3.05, 3.63) is 34.7 Å². The zero-order valence-electron chi connectivity index (χ0n) is 10.4. The number of aliphatic carboxylic acids is 1. The normalized spacial score (nSPS) is 18.6. The lowest BCUT2D eigenvalue weighted by Crippen LogP contribution is -2.41. The van der Waals surface area contributed by atoms with E-state index in [1.807, 2.05) is 0 Å². The maximum atomic E-state index is 12.0. The zero-order valence-corrected chi connectivity index (χ0v) is 11.3. The number of amides is 2. The Kier molecular flexibility index (Phi) is 3.80. The Morgan fingerprint density at radius 2 is 1.90 bits per heavy atom. The number of carboxylic acids is 1. The summed E-state index contributed by atoms with van der Waals surface area (Å²) in [5.74, 6) is -1.77. The topological polar surface area (TPSA) is 94.9 Å². The molecule has 0 saturated carbocycles. The molecule has 0 radical (unpaired) electrons. The van der Waals surface area contributed by atoms with Crippen molar-refractivity contribution in [1.29, 1.82) is 0 Å². The summed E-state index contributed by atoms with van der Waals surface area (Å²) in [6.07, 6.45) is 1.49. The first-order chi connectivity index (χ1) is 9.40. The molecule has 2 rings (SSSR count). The third kappa shape index (κ3) is 2.67. The van der Waals surface area contributed by atoms with Gasteiger partial charge < -0.3 is 10.2 Å². The number of carbonyl (C=O) groups excluding carboxylic acids is 2. The van der Waals surface area contributed by atoms with E-state index < -0.39 is 23.2 Å². The molecule has 1 aliphatic rings. The SMILES string of the molecule is C[C@H](C(=O)O)N1C(=O)S/C(=C/c2ccc(O)cc2)C1=O. The van der Waals surface area contributed by atoms with Crippen LogP contribution in [0.1, 0.15) is 12.5 Å². The Labute approximate surface area is 118 Å². The predicted octanol–water partition coefficient (Wildman–Crippen LogP) is 1.90. The molecule has 6 nitrogen and oxygen atoms in total. The Morgan fingerprint density at radius 3 is 2.45 bits per heavy atom. The molecule has 0 unspecified atom stereocenters. The molecule has 104 valence electrons. The van der Waals surface area contributed by atoms with Gasteiger partial charge in [0.2, 0.25) is 0 Å². The first kappa shape index (κ1) is 14.1. The highest BCUT2D eigenvalue weighted by Gasteiger charge is 2.40. The van der Waals surface area contributed by atoms with E-state index in [4.69, 9.17) is 10.2 Å². The number of thioether (sulfide) groups is 1. The molecule has 1 atom stereocenters. The van der Waals surface area contributed by atoms with Crippen molar-refractivity contribution >= 4 is 35.0 Å². The number of carboxylic acid groups (broad SMARTS) is 1. The molecule has 0 bridgehead atoms. The van der Waals surface area contributed by atoms with Crippen molar-refractivity contribution in [2.75, 3.05) is 0 Å². The van der Waals surface area contributed by atoms with Crippen LogP contribution in [0.3, 0.4) is 0 Å². The minimum absolute atomic E-state index is 0.0924. The minimum atomic E-state index is -1.24. The van der Waals surface area contributed by atoms with Crippen LogP contribution >= 0.6 is 11.8 Å². The summed E-state index contributed by atoms with van der Waals surface area (Å²) in [7, 11) is 0. The Hall–Kier alpha value is -2.28. The molecule has 1 aromatic rings. The van der Waals surface area contributed by atoms with Crippen molar-refractivity contribution in [1.82, 2.24) is 4.90 Å². The molecule has 1 aromatic carbocycles. The molecule has 1 saturated heterocycles. The largest absolute Gasteiger partial charge is 0.508 e. The summed E-state index contributed by atoms with van der Waals surface area (Å²) in [5, 5.41) is 17.4. The number of aromatic hydroxyl groups is 1. The van der Waals surface area contributed by atoms with Crippen LogP contribution in [0.4, 0.5) is 4.79 Å². The minimum Gasteiger partial charge on any atom is -0.508 e. The summed E-state index contributed by atoms with van der Waals surface area (Å²) >= 11 is 0.699. The zero-order chi connectivity index (χ0) is 14.9. The van der Waals surface area contributed by atoms with Gasteiger partial charge in [-0.2, -0.15) is 0 Å². The van der Waals surface area contributed by atoms with Gasteiger partial charge in [-0.3, -0.25) is 14.5 Å². The third-order valence-electron chi connectivity index (χ3n) is 2.76. The number of imide groups is 1. The molecule has 0 spiro atoms. The van der Waals surface area contributed by atoms with Crippen molar-refractivity contribution < 1.29 is 24.6 Å². The molecule has 7 heteroatoms. The number of rotatable bonds is 3. The van der Waals surface area contributed by atoms with E-state index >= 15 is 0 Å². The number of benzene rings is 1. The van der Waals surface area contributed by atoms with Crippen LogP contribution in [0.25, 0.3) is 6.08 Å². The molecule has 1 fully saturated rings. The first-order valence-electron chi connectivity index (χ1n) is 5.69. The Bertz CT molecular complexity index is 608. The fourth-order valence-corrected chi connectivity index (χ4v) is 2.55. The van der Waals surface area contributed by atoms with Crippen molar-refractivity contribution in [3.63, 3.8) is 0 Å². The summed E-state index contributed by atoms with van der Waals surface area (Å²) < 4.78 is 0. The molecule has 0 aromatic heterocycles. The van der Waals surface area contributed by atoms with Crippen LogP contribution < -0.4 is 0 Å². The molecule has 1 aliphatic heterocycles. The van der Waals surface area contributed by atoms with Crippen molar-refractivity contribution in [2.24, 2.45) is 0 Å². The smallest absolute Gasteiger partial charge is 0.326 e. The molecule has 0 aliphatic carbocycles. The van der Waals surface area contributed by atoms with Gasteiger partial charge in [0.1, 0.15) is 11.8 Å². The summed E-state index contributed by atoms with van der Waals surface area (Å²) in [5.41, 5.74) is 0.635. The quantitative estimate of drug-likeness (QED) is 0.826. The average molecular weight is 293 g/mol. The van der Waals surface area contributed by atoms with Crippen LogP contribution in [0, 0.1) is 0 Å². The molecule has 2 N–H and O–H groups in total. The first-order valence-corrected chi connectivity index (χ1v) is 6.50. The van der Waals surface area contributed by atoms with Crippen molar-refractivity contribution in [3.8, 4) is 5.75 Å². The Morgan fingerprint density at radius 1 is 1.30 bits per heavy atom. The Balaban J connectivity index is 2.28. The van der Waals surface area contributed by atoms with Gasteiger partial charge >= 0.3 is 5.97 Å². The lowest BCUT2D eigenvalue weighted by Gasteiger charge is -2.16. The molecule has 1 heterocycles. The number of nitrogens with zero attached hydrogens (tertiary/aromatic N) is 1. The van der Waals surface area contributed by atoms with E-state index in [0.29, 0.717) is 17.3 Å². The van der Waals surface area contributed by atoms with E-state index in [0.717, 1.165) is 4.90 Å². The van der Waals surface area contributed by atoms with E-state index in [9.17, 15) is 14.4 Å². The molecular weight excluding hydrogens is 282 g/mol. The maximum Gasteiger partial charge on any atom is 0.326 e. The predicted molar refractivity (Wildman–Crippen MR) is 73.0 cm³/mol. The van der Waals surface area contributed by atoms with Gasteiger partial charge in [0.05, 0.1) is 4.91 Å². The van der Waals surface area contributed by atoms with Crippen LogP contribution in [-0.4, -0.2) is 38.3 Å². The van der Waals surface area contributed by atoms with Gasteiger partial charge in [-0.15, -0.1) is 0 Å². The second-order valence-electron chi connectivity index (χ2n) is 4.16. The average Bonchev–Trinajstić information content (AvgIpc) is 2.66. The lowest BCUT2D eigenvalue weighted by molar-refractivity contribution is -0.145. The highest BCUT2D eigenvalue weighted by molar-refractivity contribution is 8.18. The van der Waals surface area contributed by atoms with E-state index in [1.165, 1.54) is 25.1 Å². The maximum absolute atomic E-state index is 12.0.